The highest BCUT2D eigenvalue weighted by Gasteiger charge is 2.12. The minimum atomic E-state index is -0.325. The first kappa shape index (κ1) is 15.4. The summed E-state index contributed by atoms with van der Waals surface area (Å²) in [6.07, 6.45) is 0. The van der Waals surface area contributed by atoms with E-state index in [1.807, 2.05) is 42.5 Å². The molecule has 0 fully saturated rings. The van der Waals surface area contributed by atoms with Crippen molar-refractivity contribution in [2.75, 3.05) is 6.61 Å². The molecule has 0 aliphatic carbocycles. The molecule has 2 aromatic rings. The quantitative estimate of drug-likeness (QED) is 0.593. The summed E-state index contributed by atoms with van der Waals surface area (Å²) in [4.78, 5) is 11.9. The summed E-state index contributed by atoms with van der Waals surface area (Å²) >= 11 is 5.75. The lowest BCUT2D eigenvalue weighted by molar-refractivity contribution is 0.0523. The summed E-state index contributed by atoms with van der Waals surface area (Å²) in [6.45, 7) is 2.46. The molecular weight excluding hydrogens is 288 g/mol. The van der Waals surface area contributed by atoms with Gasteiger partial charge in [0.15, 0.2) is 0 Å². The number of carbonyl (C=O) groups excluding carboxylic acids is 1. The molecule has 0 saturated heterocycles. The van der Waals surface area contributed by atoms with Gasteiger partial charge in [-0.05, 0) is 30.7 Å². The molecule has 0 N–H and O–H groups in total. The van der Waals surface area contributed by atoms with E-state index in [1.54, 1.807) is 13.0 Å². The summed E-state index contributed by atoms with van der Waals surface area (Å²) in [5.74, 6) is 0.892. The predicted molar refractivity (Wildman–Crippen MR) is 82.7 cm³/mol. The van der Waals surface area contributed by atoms with Crippen molar-refractivity contribution < 1.29 is 14.3 Å². The number of rotatable bonds is 6. The van der Waals surface area contributed by atoms with Gasteiger partial charge in [-0.15, -0.1) is 11.6 Å². The van der Waals surface area contributed by atoms with Gasteiger partial charge in [-0.1, -0.05) is 30.3 Å². The van der Waals surface area contributed by atoms with Crippen molar-refractivity contribution in [3.8, 4) is 5.75 Å². The molecule has 0 heterocycles. The standard InChI is InChI=1S/C17H17ClO3/c1-2-20-17(19)16-6-4-3-5-14(16)12-21-15-9-7-13(11-18)8-10-15/h3-10H,2,11-12H2,1H3. The molecule has 0 aliphatic heterocycles. The van der Waals surface area contributed by atoms with Crippen LogP contribution in [0.15, 0.2) is 48.5 Å². The smallest absolute Gasteiger partial charge is 0.338 e. The summed E-state index contributed by atoms with van der Waals surface area (Å²) < 4.78 is 10.8. The first-order valence-corrected chi connectivity index (χ1v) is 7.30. The number of esters is 1. The Labute approximate surface area is 129 Å². The van der Waals surface area contributed by atoms with Crippen LogP contribution in [0.4, 0.5) is 0 Å². The van der Waals surface area contributed by atoms with Gasteiger partial charge in [0.1, 0.15) is 12.4 Å². The number of alkyl halides is 1. The van der Waals surface area contributed by atoms with Crippen LogP contribution >= 0.6 is 11.6 Å². The van der Waals surface area contributed by atoms with E-state index in [9.17, 15) is 4.79 Å². The van der Waals surface area contributed by atoms with E-state index in [4.69, 9.17) is 21.1 Å². The lowest BCUT2D eigenvalue weighted by Crippen LogP contribution is -2.09. The number of halogens is 1. The minimum Gasteiger partial charge on any atom is -0.489 e. The Morgan fingerprint density at radius 1 is 1.10 bits per heavy atom. The monoisotopic (exact) mass is 304 g/mol. The molecule has 110 valence electrons. The number of hydrogen-bond donors (Lipinski definition) is 0. The molecule has 0 saturated carbocycles. The van der Waals surface area contributed by atoms with Gasteiger partial charge in [0.25, 0.3) is 0 Å². The van der Waals surface area contributed by atoms with Gasteiger partial charge in [-0.3, -0.25) is 0 Å². The van der Waals surface area contributed by atoms with Gasteiger partial charge < -0.3 is 9.47 Å². The van der Waals surface area contributed by atoms with Crippen molar-refractivity contribution in [2.45, 2.75) is 19.4 Å². The summed E-state index contributed by atoms with van der Waals surface area (Å²) in [7, 11) is 0. The maximum Gasteiger partial charge on any atom is 0.338 e. The van der Waals surface area contributed by atoms with Crippen LogP contribution in [0.5, 0.6) is 5.75 Å². The molecule has 21 heavy (non-hydrogen) atoms. The number of ether oxygens (including phenoxy) is 2. The average molecular weight is 305 g/mol. The van der Waals surface area contributed by atoms with Crippen LogP contribution in [-0.2, 0) is 17.2 Å². The van der Waals surface area contributed by atoms with Gasteiger partial charge >= 0.3 is 5.97 Å². The Bertz CT molecular complexity index is 593. The van der Waals surface area contributed by atoms with E-state index in [0.29, 0.717) is 24.7 Å². The highest BCUT2D eigenvalue weighted by Crippen LogP contribution is 2.17. The second kappa shape index (κ2) is 7.70. The average Bonchev–Trinajstić information content (AvgIpc) is 2.54. The molecule has 0 unspecified atom stereocenters. The van der Waals surface area contributed by atoms with Crippen molar-refractivity contribution in [1.29, 1.82) is 0 Å². The molecule has 0 spiro atoms. The fraction of sp³-hybridized carbons (Fsp3) is 0.235. The van der Waals surface area contributed by atoms with Gasteiger partial charge in [-0.2, -0.15) is 0 Å². The fourth-order valence-electron chi connectivity index (χ4n) is 1.89. The Morgan fingerprint density at radius 3 is 2.48 bits per heavy atom. The Hall–Kier alpha value is -2.00. The molecule has 2 rings (SSSR count). The predicted octanol–water partition coefficient (Wildman–Crippen LogP) is 4.18. The molecule has 3 nitrogen and oxygen atoms in total. The first-order valence-electron chi connectivity index (χ1n) is 6.77. The van der Waals surface area contributed by atoms with Gasteiger partial charge in [0.05, 0.1) is 12.2 Å². The van der Waals surface area contributed by atoms with Crippen LogP contribution in [0, 0.1) is 0 Å². The third-order valence-corrected chi connectivity index (χ3v) is 3.29. The van der Waals surface area contributed by atoms with Crippen molar-refractivity contribution in [3.63, 3.8) is 0 Å². The van der Waals surface area contributed by atoms with Gasteiger partial charge in [0, 0.05) is 11.4 Å². The summed E-state index contributed by atoms with van der Waals surface area (Å²) in [5, 5.41) is 0. The van der Waals surface area contributed by atoms with Crippen LogP contribution in [0.2, 0.25) is 0 Å². The van der Waals surface area contributed by atoms with Crippen molar-refractivity contribution in [3.05, 3.63) is 65.2 Å². The normalized spacial score (nSPS) is 10.2. The molecule has 0 atom stereocenters. The Kier molecular flexibility index (Phi) is 5.64. The third kappa shape index (κ3) is 4.23. The van der Waals surface area contributed by atoms with E-state index in [2.05, 4.69) is 0 Å². The maximum absolute atomic E-state index is 11.9. The van der Waals surface area contributed by atoms with Crippen LogP contribution in [0.25, 0.3) is 0 Å². The highest BCUT2D eigenvalue weighted by molar-refractivity contribution is 6.17. The van der Waals surface area contributed by atoms with Crippen molar-refractivity contribution in [2.24, 2.45) is 0 Å². The van der Waals surface area contributed by atoms with Crippen molar-refractivity contribution in [1.82, 2.24) is 0 Å². The topological polar surface area (TPSA) is 35.5 Å². The molecule has 0 bridgehead atoms. The zero-order valence-corrected chi connectivity index (χ0v) is 12.6. The number of carbonyl (C=O) groups is 1. The molecule has 4 heteroatoms. The third-order valence-electron chi connectivity index (χ3n) is 2.98. The highest BCUT2D eigenvalue weighted by atomic mass is 35.5. The largest absolute Gasteiger partial charge is 0.489 e. The van der Waals surface area contributed by atoms with E-state index in [-0.39, 0.29) is 5.97 Å². The van der Waals surface area contributed by atoms with Crippen LogP contribution in [-0.4, -0.2) is 12.6 Å². The van der Waals surface area contributed by atoms with E-state index in [1.165, 1.54) is 0 Å². The number of benzene rings is 2. The Balaban J connectivity index is 2.07. The lowest BCUT2D eigenvalue weighted by atomic mass is 10.1. The van der Waals surface area contributed by atoms with E-state index < -0.39 is 0 Å². The SMILES string of the molecule is CCOC(=O)c1ccccc1COc1ccc(CCl)cc1. The Morgan fingerprint density at radius 2 is 1.81 bits per heavy atom. The van der Waals surface area contributed by atoms with Gasteiger partial charge in [0.2, 0.25) is 0 Å². The van der Waals surface area contributed by atoms with Gasteiger partial charge in [-0.25, -0.2) is 4.79 Å². The molecule has 0 amide bonds. The fourth-order valence-corrected chi connectivity index (χ4v) is 2.07. The molecular formula is C17H17ClO3. The minimum absolute atomic E-state index is 0.315. The van der Waals surface area contributed by atoms with Crippen molar-refractivity contribution >= 4 is 17.6 Å². The second-order valence-electron chi connectivity index (χ2n) is 4.44. The molecule has 0 radical (unpaired) electrons. The second-order valence-corrected chi connectivity index (χ2v) is 4.71. The molecule has 0 aliphatic rings. The summed E-state index contributed by atoms with van der Waals surface area (Å²) in [6, 6.07) is 14.9. The van der Waals surface area contributed by atoms with Crippen LogP contribution in [0.3, 0.4) is 0 Å². The van der Waals surface area contributed by atoms with E-state index in [0.717, 1.165) is 16.9 Å². The lowest BCUT2D eigenvalue weighted by Gasteiger charge is -2.10. The molecule has 2 aromatic carbocycles. The zero-order valence-electron chi connectivity index (χ0n) is 11.8. The van der Waals surface area contributed by atoms with Crippen LogP contribution in [0.1, 0.15) is 28.4 Å². The summed E-state index contributed by atoms with van der Waals surface area (Å²) in [5.41, 5.74) is 2.38. The van der Waals surface area contributed by atoms with E-state index >= 15 is 0 Å². The molecule has 0 aromatic heterocycles. The maximum atomic E-state index is 11.9. The zero-order chi connectivity index (χ0) is 15.1. The van der Waals surface area contributed by atoms with Crippen LogP contribution < -0.4 is 4.74 Å². The first-order chi connectivity index (χ1) is 10.2. The number of hydrogen-bond acceptors (Lipinski definition) is 3.